The number of amides is 2. The lowest BCUT2D eigenvalue weighted by molar-refractivity contribution is -0.136. The van der Waals surface area contributed by atoms with Crippen molar-refractivity contribution >= 4 is 26.5 Å². The number of hydrogen-bond donors (Lipinski definition) is 0. The Morgan fingerprint density at radius 1 is 1.00 bits per heavy atom. The van der Waals surface area contributed by atoms with E-state index in [1.807, 2.05) is 18.2 Å². The van der Waals surface area contributed by atoms with E-state index in [1.165, 1.54) is 19.0 Å². The first-order valence-corrected chi connectivity index (χ1v) is 7.46. The molecule has 0 spiro atoms. The predicted octanol–water partition coefficient (Wildman–Crippen LogP) is -0.279. The zero-order chi connectivity index (χ0) is 13.7. The van der Waals surface area contributed by atoms with Gasteiger partial charge in [0, 0.05) is 27.9 Å². The number of carbonyl (C=O) groups excluding carboxylic acids is 2. The Morgan fingerprint density at radius 2 is 1.44 bits per heavy atom. The Balaban J connectivity index is 2.91. The standard InChI is InChI=1S/C13H20N2O2Si/c1-10(16)14(3)13(15(4)11(2)17)18-12-8-6-5-7-9-12/h5-9,13H,18H2,1-4H3. The van der Waals surface area contributed by atoms with Gasteiger partial charge < -0.3 is 9.80 Å². The third-order valence-electron chi connectivity index (χ3n) is 3.15. The molecule has 0 saturated heterocycles. The Hall–Kier alpha value is -1.62. The van der Waals surface area contributed by atoms with Crippen LogP contribution in [0.4, 0.5) is 0 Å². The topological polar surface area (TPSA) is 40.6 Å². The maximum absolute atomic E-state index is 11.5. The molecule has 0 atom stereocenters. The number of carbonyl (C=O) groups is 2. The lowest BCUT2D eigenvalue weighted by Gasteiger charge is -2.34. The highest BCUT2D eigenvalue weighted by molar-refractivity contribution is 6.55. The molecule has 0 aliphatic carbocycles. The van der Waals surface area contributed by atoms with E-state index >= 15 is 0 Å². The molecule has 0 heterocycles. The van der Waals surface area contributed by atoms with Crippen LogP contribution in [0.25, 0.3) is 0 Å². The van der Waals surface area contributed by atoms with Gasteiger partial charge in [-0.15, -0.1) is 0 Å². The van der Waals surface area contributed by atoms with E-state index in [9.17, 15) is 9.59 Å². The Bertz CT molecular complexity index is 402. The van der Waals surface area contributed by atoms with Crippen LogP contribution in [0, 0.1) is 0 Å². The van der Waals surface area contributed by atoms with Crippen molar-refractivity contribution in [3.05, 3.63) is 30.3 Å². The molecule has 1 aromatic rings. The molecule has 0 unspecified atom stereocenters. The summed E-state index contributed by atoms with van der Waals surface area (Å²) in [6.45, 7) is 3.06. The van der Waals surface area contributed by atoms with Gasteiger partial charge >= 0.3 is 0 Å². The van der Waals surface area contributed by atoms with E-state index in [0.29, 0.717) is 0 Å². The molecule has 0 aliphatic rings. The number of benzene rings is 1. The van der Waals surface area contributed by atoms with Gasteiger partial charge in [0.15, 0.2) is 0 Å². The van der Waals surface area contributed by atoms with Crippen molar-refractivity contribution in [2.75, 3.05) is 14.1 Å². The first kappa shape index (κ1) is 14.4. The predicted molar refractivity (Wildman–Crippen MR) is 75.3 cm³/mol. The Labute approximate surface area is 110 Å². The van der Waals surface area contributed by atoms with Crippen LogP contribution in [-0.4, -0.2) is 51.0 Å². The van der Waals surface area contributed by atoms with Gasteiger partial charge in [0.25, 0.3) is 0 Å². The summed E-state index contributed by atoms with van der Waals surface area (Å²) < 4.78 is 0. The first-order valence-electron chi connectivity index (χ1n) is 5.94. The zero-order valence-corrected chi connectivity index (χ0v) is 12.8. The first-order chi connectivity index (χ1) is 8.43. The average molecular weight is 264 g/mol. The average Bonchev–Trinajstić information content (AvgIpc) is 2.35. The van der Waals surface area contributed by atoms with E-state index in [0.717, 1.165) is 0 Å². The van der Waals surface area contributed by atoms with E-state index in [4.69, 9.17) is 0 Å². The summed E-state index contributed by atoms with van der Waals surface area (Å²) in [6.07, 6.45) is 0. The van der Waals surface area contributed by atoms with Crippen LogP contribution in [0.1, 0.15) is 13.8 Å². The quantitative estimate of drug-likeness (QED) is 0.554. The van der Waals surface area contributed by atoms with Gasteiger partial charge in [0.05, 0.1) is 5.79 Å². The normalized spacial score (nSPS) is 10.9. The highest BCUT2D eigenvalue weighted by atomic mass is 28.2. The van der Waals surface area contributed by atoms with Gasteiger partial charge in [-0.25, -0.2) is 0 Å². The van der Waals surface area contributed by atoms with Crippen LogP contribution in [0.5, 0.6) is 0 Å². The second kappa shape index (κ2) is 6.35. The molecule has 1 aromatic carbocycles. The van der Waals surface area contributed by atoms with E-state index in [1.54, 1.807) is 23.9 Å². The van der Waals surface area contributed by atoms with E-state index in [-0.39, 0.29) is 17.6 Å². The monoisotopic (exact) mass is 264 g/mol. The number of hydrogen-bond acceptors (Lipinski definition) is 2. The number of rotatable bonds is 4. The van der Waals surface area contributed by atoms with E-state index in [2.05, 4.69) is 12.1 Å². The number of nitrogens with zero attached hydrogens (tertiary/aromatic N) is 2. The molecule has 2 amide bonds. The van der Waals surface area contributed by atoms with Crippen molar-refractivity contribution in [3.63, 3.8) is 0 Å². The summed E-state index contributed by atoms with van der Waals surface area (Å²) in [5.41, 5.74) is 0. The van der Waals surface area contributed by atoms with Gasteiger partial charge in [-0.05, 0) is 0 Å². The molecule has 0 radical (unpaired) electrons. The van der Waals surface area contributed by atoms with Crippen LogP contribution in [-0.2, 0) is 9.59 Å². The van der Waals surface area contributed by atoms with Gasteiger partial charge in [-0.3, -0.25) is 9.59 Å². The van der Waals surface area contributed by atoms with Gasteiger partial charge in [0.1, 0.15) is 9.52 Å². The van der Waals surface area contributed by atoms with Crippen molar-refractivity contribution in [2.24, 2.45) is 0 Å². The summed E-state index contributed by atoms with van der Waals surface area (Å²) in [4.78, 5) is 26.3. The van der Waals surface area contributed by atoms with Gasteiger partial charge in [-0.1, -0.05) is 35.5 Å². The molecular formula is C13H20N2O2Si. The van der Waals surface area contributed by atoms with Crippen LogP contribution in [0.2, 0.25) is 0 Å². The van der Waals surface area contributed by atoms with Crippen LogP contribution in [0.3, 0.4) is 0 Å². The molecule has 0 saturated carbocycles. The minimum absolute atomic E-state index is 0.0171. The summed E-state index contributed by atoms with van der Waals surface area (Å²) in [6, 6.07) is 10.1. The van der Waals surface area contributed by atoms with Crippen LogP contribution in [0.15, 0.2) is 30.3 Å². The summed E-state index contributed by atoms with van der Waals surface area (Å²) in [7, 11) is 2.74. The van der Waals surface area contributed by atoms with Crippen molar-refractivity contribution in [1.82, 2.24) is 9.80 Å². The maximum Gasteiger partial charge on any atom is 0.220 e. The minimum Gasteiger partial charge on any atom is -0.329 e. The summed E-state index contributed by atoms with van der Waals surface area (Å²) >= 11 is 0. The molecule has 1 rings (SSSR count). The van der Waals surface area contributed by atoms with Crippen molar-refractivity contribution in [2.45, 2.75) is 19.6 Å². The highest BCUT2D eigenvalue weighted by Crippen LogP contribution is 2.02. The van der Waals surface area contributed by atoms with Crippen LogP contribution >= 0.6 is 0 Å². The molecule has 0 aliphatic heterocycles. The molecule has 5 heteroatoms. The van der Waals surface area contributed by atoms with Crippen LogP contribution < -0.4 is 5.19 Å². The van der Waals surface area contributed by atoms with Crippen molar-refractivity contribution in [1.29, 1.82) is 0 Å². The van der Waals surface area contributed by atoms with Gasteiger partial charge in [0.2, 0.25) is 11.8 Å². The fourth-order valence-electron chi connectivity index (χ4n) is 1.78. The molecule has 4 nitrogen and oxygen atoms in total. The lowest BCUT2D eigenvalue weighted by Crippen LogP contribution is -2.54. The minimum atomic E-state index is -0.768. The molecule has 18 heavy (non-hydrogen) atoms. The fraction of sp³-hybridized carbons (Fsp3) is 0.385. The largest absolute Gasteiger partial charge is 0.329 e. The lowest BCUT2D eigenvalue weighted by atomic mass is 10.4. The van der Waals surface area contributed by atoms with Crippen molar-refractivity contribution in [3.8, 4) is 0 Å². The zero-order valence-electron chi connectivity index (χ0n) is 11.4. The summed E-state index contributed by atoms with van der Waals surface area (Å²) in [5, 5.41) is 1.24. The van der Waals surface area contributed by atoms with E-state index < -0.39 is 9.52 Å². The molecule has 0 fully saturated rings. The molecule has 0 bridgehead atoms. The second-order valence-electron chi connectivity index (χ2n) is 4.43. The van der Waals surface area contributed by atoms with Gasteiger partial charge in [-0.2, -0.15) is 0 Å². The smallest absolute Gasteiger partial charge is 0.220 e. The molecular weight excluding hydrogens is 244 g/mol. The fourth-order valence-corrected chi connectivity index (χ4v) is 3.81. The van der Waals surface area contributed by atoms with Crippen molar-refractivity contribution < 1.29 is 9.59 Å². The third kappa shape index (κ3) is 3.70. The third-order valence-corrected chi connectivity index (χ3v) is 5.55. The Morgan fingerprint density at radius 3 is 1.83 bits per heavy atom. The second-order valence-corrected chi connectivity index (χ2v) is 6.39. The highest BCUT2D eigenvalue weighted by Gasteiger charge is 2.24. The maximum atomic E-state index is 11.5. The molecule has 0 N–H and O–H groups in total. The Kier molecular flexibility index (Phi) is 5.09. The summed E-state index contributed by atoms with van der Waals surface area (Å²) in [5.74, 6) is -0.143. The SMILES string of the molecule is CC(=O)N(C)C([SiH2]c1ccccc1)N(C)C(C)=O. The molecule has 0 aromatic heterocycles. The molecule has 98 valence electrons.